The van der Waals surface area contributed by atoms with E-state index in [1.165, 1.54) is 0 Å². The molecule has 19 heavy (non-hydrogen) atoms. The fourth-order valence-electron chi connectivity index (χ4n) is 2.46. The summed E-state index contributed by atoms with van der Waals surface area (Å²) in [4.78, 5) is 22.9. The lowest BCUT2D eigenvalue weighted by Gasteiger charge is -2.28. The van der Waals surface area contributed by atoms with Gasteiger partial charge in [-0.05, 0) is 33.1 Å². The van der Waals surface area contributed by atoms with Crippen LogP contribution in [0.3, 0.4) is 0 Å². The zero-order valence-electron chi connectivity index (χ0n) is 11.9. The van der Waals surface area contributed by atoms with Crippen LogP contribution >= 0.6 is 0 Å². The molecule has 5 heteroatoms. The van der Waals surface area contributed by atoms with E-state index in [-0.39, 0.29) is 17.9 Å². The first-order chi connectivity index (χ1) is 9.17. The van der Waals surface area contributed by atoms with Crippen LogP contribution in [-0.2, 0) is 19.1 Å². The summed E-state index contributed by atoms with van der Waals surface area (Å²) in [6.45, 7) is 5.11. The Labute approximate surface area is 115 Å². The third-order valence-electron chi connectivity index (χ3n) is 3.36. The highest BCUT2D eigenvalue weighted by atomic mass is 16.5. The van der Waals surface area contributed by atoms with E-state index in [0.717, 1.165) is 25.7 Å². The lowest BCUT2D eigenvalue weighted by Crippen LogP contribution is -2.38. The average molecular weight is 271 g/mol. The van der Waals surface area contributed by atoms with Gasteiger partial charge in [0.1, 0.15) is 0 Å². The second kappa shape index (κ2) is 8.91. The van der Waals surface area contributed by atoms with E-state index in [1.807, 2.05) is 6.92 Å². The molecule has 0 radical (unpaired) electrons. The molecule has 0 aromatic rings. The predicted molar refractivity (Wildman–Crippen MR) is 71.6 cm³/mol. The van der Waals surface area contributed by atoms with Crippen molar-refractivity contribution in [2.24, 2.45) is 5.92 Å². The Morgan fingerprint density at radius 2 is 1.89 bits per heavy atom. The van der Waals surface area contributed by atoms with Crippen LogP contribution in [0.25, 0.3) is 0 Å². The number of hydrogen-bond donors (Lipinski definition) is 1. The second-order valence-electron chi connectivity index (χ2n) is 4.82. The number of carbonyl (C=O) groups is 2. The standard InChI is InChI=1S/C14H25NO4/c1-3-18-13(16)8-9-15-12-7-5-6-11(10-12)14(17)19-4-2/h11-12,15H,3-10H2,1-2H3. The first-order valence-electron chi connectivity index (χ1n) is 7.23. The maximum atomic E-state index is 11.7. The van der Waals surface area contributed by atoms with Crippen LogP contribution in [-0.4, -0.2) is 37.7 Å². The Hall–Kier alpha value is -1.10. The molecule has 1 saturated carbocycles. The molecule has 0 heterocycles. The van der Waals surface area contributed by atoms with E-state index < -0.39 is 0 Å². The number of nitrogens with one attached hydrogen (secondary N) is 1. The third kappa shape index (κ3) is 6.05. The molecule has 0 aliphatic heterocycles. The minimum absolute atomic E-state index is 0.00814. The first kappa shape index (κ1) is 16.0. The molecule has 1 N–H and O–H groups in total. The fraction of sp³-hybridized carbons (Fsp3) is 0.857. The Balaban J connectivity index is 2.23. The maximum absolute atomic E-state index is 11.7. The molecule has 1 fully saturated rings. The van der Waals surface area contributed by atoms with Crippen LogP contribution in [0, 0.1) is 5.92 Å². The largest absolute Gasteiger partial charge is 0.466 e. The van der Waals surface area contributed by atoms with Crippen molar-refractivity contribution < 1.29 is 19.1 Å². The Bertz CT molecular complexity index is 293. The van der Waals surface area contributed by atoms with Gasteiger partial charge in [0.25, 0.3) is 0 Å². The normalized spacial score (nSPS) is 22.8. The summed E-state index contributed by atoms with van der Waals surface area (Å²) in [7, 11) is 0. The number of carbonyl (C=O) groups excluding carboxylic acids is 2. The van der Waals surface area contributed by atoms with E-state index in [4.69, 9.17) is 9.47 Å². The van der Waals surface area contributed by atoms with E-state index in [9.17, 15) is 9.59 Å². The molecule has 0 aromatic heterocycles. The molecular weight excluding hydrogens is 246 g/mol. The molecule has 5 nitrogen and oxygen atoms in total. The topological polar surface area (TPSA) is 64.6 Å². The fourth-order valence-corrected chi connectivity index (χ4v) is 2.46. The van der Waals surface area contributed by atoms with Crippen LogP contribution in [0.5, 0.6) is 0 Å². The quantitative estimate of drug-likeness (QED) is 0.713. The average Bonchev–Trinajstić information content (AvgIpc) is 2.40. The molecule has 1 aliphatic rings. The van der Waals surface area contributed by atoms with Crippen molar-refractivity contribution in [3.63, 3.8) is 0 Å². The molecule has 0 bridgehead atoms. The zero-order chi connectivity index (χ0) is 14.1. The first-order valence-corrected chi connectivity index (χ1v) is 7.23. The van der Waals surface area contributed by atoms with Crippen LogP contribution in [0.2, 0.25) is 0 Å². The van der Waals surface area contributed by atoms with Crippen molar-refractivity contribution in [3.8, 4) is 0 Å². The summed E-state index contributed by atoms with van der Waals surface area (Å²) in [5, 5.41) is 3.33. The van der Waals surface area contributed by atoms with Gasteiger partial charge in [0.15, 0.2) is 0 Å². The third-order valence-corrected chi connectivity index (χ3v) is 3.36. The molecule has 1 aliphatic carbocycles. The van der Waals surface area contributed by atoms with Gasteiger partial charge in [-0.25, -0.2) is 0 Å². The van der Waals surface area contributed by atoms with E-state index in [0.29, 0.717) is 32.2 Å². The summed E-state index contributed by atoms with van der Waals surface area (Å²) in [5.74, 6) is -0.249. The van der Waals surface area contributed by atoms with Gasteiger partial charge >= 0.3 is 11.9 Å². The smallest absolute Gasteiger partial charge is 0.308 e. The van der Waals surface area contributed by atoms with Crippen LogP contribution in [0.4, 0.5) is 0 Å². The van der Waals surface area contributed by atoms with Gasteiger partial charge in [-0.15, -0.1) is 0 Å². The predicted octanol–water partition coefficient (Wildman–Crippen LogP) is 1.65. The molecule has 2 unspecified atom stereocenters. The molecule has 110 valence electrons. The van der Waals surface area contributed by atoms with Gasteiger partial charge in [-0.3, -0.25) is 9.59 Å². The Kier molecular flexibility index (Phi) is 7.48. The SMILES string of the molecule is CCOC(=O)CCNC1CCCC(C(=O)OCC)C1. The number of rotatable bonds is 7. The minimum Gasteiger partial charge on any atom is -0.466 e. The van der Waals surface area contributed by atoms with Crippen molar-refractivity contribution in [1.29, 1.82) is 0 Å². The van der Waals surface area contributed by atoms with E-state index in [1.54, 1.807) is 6.92 Å². The van der Waals surface area contributed by atoms with Crippen LogP contribution in [0.1, 0.15) is 46.0 Å². The summed E-state index contributed by atoms with van der Waals surface area (Å²) in [6.07, 6.45) is 4.18. The molecular formula is C14H25NO4. The Morgan fingerprint density at radius 1 is 1.16 bits per heavy atom. The van der Waals surface area contributed by atoms with Crippen LogP contribution in [0.15, 0.2) is 0 Å². The summed E-state index contributed by atoms with van der Waals surface area (Å²) >= 11 is 0. The highest BCUT2D eigenvalue weighted by molar-refractivity contribution is 5.72. The zero-order valence-corrected chi connectivity index (χ0v) is 11.9. The van der Waals surface area contributed by atoms with Gasteiger partial charge in [-0.2, -0.15) is 0 Å². The second-order valence-corrected chi connectivity index (χ2v) is 4.82. The minimum atomic E-state index is -0.173. The highest BCUT2D eigenvalue weighted by Gasteiger charge is 2.27. The van der Waals surface area contributed by atoms with Crippen LogP contribution < -0.4 is 5.32 Å². The molecule has 0 saturated heterocycles. The number of hydrogen-bond acceptors (Lipinski definition) is 5. The highest BCUT2D eigenvalue weighted by Crippen LogP contribution is 2.25. The van der Waals surface area contributed by atoms with Crippen molar-refractivity contribution in [2.75, 3.05) is 19.8 Å². The molecule has 2 atom stereocenters. The molecule has 0 aromatic carbocycles. The molecule has 1 rings (SSSR count). The van der Waals surface area contributed by atoms with Crippen molar-refractivity contribution >= 4 is 11.9 Å². The van der Waals surface area contributed by atoms with Gasteiger partial charge in [0.05, 0.1) is 25.6 Å². The molecule has 0 amide bonds. The lowest BCUT2D eigenvalue weighted by molar-refractivity contribution is -0.149. The maximum Gasteiger partial charge on any atom is 0.308 e. The number of ether oxygens (including phenoxy) is 2. The van der Waals surface area contributed by atoms with Crippen molar-refractivity contribution in [2.45, 2.75) is 52.0 Å². The van der Waals surface area contributed by atoms with Gasteiger partial charge in [0, 0.05) is 12.6 Å². The van der Waals surface area contributed by atoms with E-state index >= 15 is 0 Å². The van der Waals surface area contributed by atoms with Crippen molar-refractivity contribution in [1.82, 2.24) is 5.32 Å². The van der Waals surface area contributed by atoms with Gasteiger partial charge < -0.3 is 14.8 Å². The lowest BCUT2D eigenvalue weighted by atomic mass is 9.85. The van der Waals surface area contributed by atoms with Gasteiger partial charge in [0.2, 0.25) is 0 Å². The van der Waals surface area contributed by atoms with Crippen molar-refractivity contribution in [3.05, 3.63) is 0 Å². The van der Waals surface area contributed by atoms with E-state index in [2.05, 4.69) is 5.32 Å². The number of esters is 2. The Morgan fingerprint density at radius 3 is 2.58 bits per heavy atom. The molecule has 0 spiro atoms. The summed E-state index contributed by atoms with van der Waals surface area (Å²) in [5.41, 5.74) is 0. The monoisotopic (exact) mass is 271 g/mol. The summed E-state index contributed by atoms with van der Waals surface area (Å²) < 4.78 is 9.93. The summed E-state index contributed by atoms with van der Waals surface area (Å²) in [6, 6.07) is 0.303. The van der Waals surface area contributed by atoms with Gasteiger partial charge in [-0.1, -0.05) is 6.42 Å².